The number of ketones is 1. The van der Waals surface area contributed by atoms with E-state index < -0.39 is 11.6 Å². The number of hydrogen-bond donors (Lipinski definition) is 2. The molecule has 0 aromatic heterocycles. The van der Waals surface area contributed by atoms with E-state index in [1.54, 1.807) is 31.2 Å². The first-order valence-electron chi connectivity index (χ1n) is 9.44. The largest absolute Gasteiger partial charge is 0.326 e. The number of hydrogen-bond acceptors (Lipinski definition) is 4. The molecule has 2 atom stereocenters. The van der Waals surface area contributed by atoms with Gasteiger partial charge in [0, 0.05) is 17.7 Å². The van der Waals surface area contributed by atoms with Crippen LogP contribution in [0.4, 0.5) is 10.5 Å². The molecule has 1 spiro atoms. The van der Waals surface area contributed by atoms with Crippen molar-refractivity contribution < 1.29 is 19.2 Å². The minimum absolute atomic E-state index is 0.0595. The van der Waals surface area contributed by atoms with Crippen molar-refractivity contribution in [1.29, 1.82) is 0 Å². The molecule has 7 nitrogen and oxygen atoms in total. The molecule has 1 heterocycles. The van der Waals surface area contributed by atoms with Crippen LogP contribution in [0, 0.1) is 5.92 Å². The molecule has 0 bridgehead atoms. The monoisotopic (exact) mass is 371 g/mol. The van der Waals surface area contributed by atoms with E-state index in [0.717, 1.165) is 24.2 Å². The van der Waals surface area contributed by atoms with Crippen LogP contribution in [-0.2, 0) is 9.59 Å². The average molecular weight is 371 g/mol. The van der Waals surface area contributed by atoms with Gasteiger partial charge in [-0.05, 0) is 43.0 Å². The molecule has 1 saturated heterocycles. The van der Waals surface area contributed by atoms with E-state index in [0.29, 0.717) is 24.1 Å². The number of imide groups is 1. The average Bonchev–Trinajstić information content (AvgIpc) is 2.89. The molecule has 2 aliphatic rings. The van der Waals surface area contributed by atoms with Gasteiger partial charge in [-0.2, -0.15) is 0 Å². The summed E-state index contributed by atoms with van der Waals surface area (Å²) in [5, 5.41) is 5.56. The molecular formula is C20H25N3O4. The number of benzene rings is 1. The number of urea groups is 1. The van der Waals surface area contributed by atoms with Gasteiger partial charge in [0.1, 0.15) is 5.54 Å². The van der Waals surface area contributed by atoms with Crippen LogP contribution in [0.25, 0.3) is 0 Å². The maximum Gasteiger partial charge on any atom is 0.325 e. The molecule has 1 aliphatic heterocycles. The maximum atomic E-state index is 12.9. The van der Waals surface area contributed by atoms with Crippen molar-refractivity contribution in [3.8, 4) is 0 Å². The van der Waals surface area contributed by atoms with Crippen LogP contribution in [0.2, 0.25) is 0 Å². The van der Waals surface area contributed by atoms with Crippen molar-refractivity contribution >= 4 is 29.3 Å². The van der Waals surface area contributed by atoms with Crippen molar-refractivity contribution in [1.82, 2.24) is 10.2 Å². The third-order valence-electron chi connectivity index (χ3n) is 5.61. The van der Waals surface area contributed by atoms with Gasteiger partial charge in [-0.25, -0.2) is 4.79 Å². The zero-order chi connectivity index (χ0) is 19.6. The van der Waals surface area contributed by atoms with Gasteiger partial charge in [0.15, 0.2) is 5.78 Å². The SMILES string of the molecule is CCC(=O)Nc1ccc(C(=O)CN2C(=O)N[C@]3(CCCC[C@H]3C)C2=O)cc1. The zero-order valence-electron chi connectivity index (χ0n) is 15.7. The predicted octanol–water partition coefficient (Wildman–Crippen LogP) is 2.72. The molecule has 7 heteroatoms. The number of rotatable bonds is 5. The van der Waals surface area contributed by atoms with Gasteiger partial charge in [-0.15, -0.1) is 0 Å². The Morgan fingerprint density at radius 3 is 2.56 bits per heavy atom. The highest BCUT2D eigenvalue weighted by Crippen LogP contribution is 2.38. The molecule has 27 heavy (non-hydrogen) atoms. The summed E-state index contributed by atoms with van der Waals surface area (Å²) < 4.78 is 0. The predicted molar refractivity (Wildman–Crippen MR) is 100 cm³/mol. The Balaban J connectivity index is 1.69. The van der Waals surface area contributed by atoms with Gasteiger partial charge in [-0.1, -0.05) is 26.7 Å². The molecular weight excluding hydrogens is 346 g/mol. The van der Waals surface area contributed by atoms with Crippen LogP contribution in [0.15, 0.2) is 24.3 Å². The van der Waals surface area contributed by atoms with E-state index in [2.05, 4.69) is 10.6 Å². The number of anilines is 1. The van der Waals surface area contributed by atoms with Crippen LogP contribution in [0.1, 0.15) is 56.3 Å². The fraction of sp³-hybridized carbons (Fsp3) is 0.500. The van der Waals surface area contributed by atoms with Crippen molar-refractivity contribution in [2.75, 3.05) is 11.9 Å². The van der Waals surface area contributed by atoms with Crippen molar-refractivity contribution in [3.63, 3.8) is 0 Å². The second-order valence-corrected chi connectivity index (χ2v) is 7.34. The maximum absolute atomic E-state index is 12.9. The van der Waals surface area contributed by atoms with Crippen molar-refractivity contribution in [2.24, 2.45) is 5.92 Å². The number of nitrogens with one attached hydrogen (secondary N) is 2. The Labute approximate surface area is 158 Å². The molecule has 1 saturated carbocycles. The van der Waals surface area contributed by atoms with Crippen LogP contribution in [0.5, 0.6) is 0 Å². The molecule has 3 rings (SSSR count). The third-order valence-corrected chi connectivity index (χ3v) is 5.61. The van der Waals surface area contributed by atoms with E-state index in [4.69, 9.17) is 0 Å². The summed E-state index contributed by atoms with van der Waals surface area (Å²) in [6, 6.07) is 5.96. The lowest BCUT2D eigenvalue weighted by atomic mass is 9.73. The number of nitrogens with zero attached hydrogens (tertiary/aromatic N) is 1. The van der Waals surface area contributed by atoms with Crippen molar-refractivity contribution in [3.05, 3.63) is 29.8 Å². The van der Waals surface area contributed by atoms with E-state index in [9.17, 15) is 19.2 Å². The van der Waals surface area contributed by atoms with Gasteiger partial charge in [0.25, 0.3) is 5.91 Å². The second-order valence-electron chi connectivity index (χ2n) is 7.34. The molecule has 2 fully saturated rings. The second kappa shape index (κ2) is 7.50. The normalized spacial score (nSPS) is 24.8. The van der Waals surface area contributed by atoms with Crippen molar-refractivity contribution in [2.45, 2.75) is 51.5 Å². The van der Waals surface area contributed by atoms with Gasteiger partial charge in [-0.3, -0.25) is 19.3 Å². The summed E-state index contributed by atoms with van der Waals surface area (Å²) in [6.45, 7) is 3.46. The third kappa shape index (κ3) is 3.59. The molecule has 144 valence electrons. The number of Topliss-reactive ketones (excluding diaryl/α,β-unsaturated/α-hetero) is 1. The van der Waals surface area contributed by atoms with Gasteiger partial charge in [0.2, 0.25) is 5.91 Å². The summed E-state index contributed by atoms with van der Waals surface area (Å²) in [7, 11) is 0. The summed E-state index contributed by atoms with van der Waals surface area (Å²) in [6.07, 6.45) is 3.82. The number of amides is 4. The highest BCUT2D eigenvalue weighted by molar-refractivity contribution is 6.11. The first-order chi connectivity index (χ1) is 12.9. The first kappa shape index (κ1) is 19.1. The standard InChI is InChI=1S/C20H25N3O4/c1-3-17(25)21-15-9-7-14(8-10-15)16(24)12-23-18(26)20(22-19(23)27)11-5-4-6-13(20)2/h7-10,13H,3-6,11-12H2,1-2H3,(H,21,25)(H,22,27)/t13-,20+/m1/s1. The minimum Gasteiger partial charge on any atom is -0.326 e. The van der Waals surface area contributed by atoms with Gasteiger partial charge >= 0.3 is 6.03 Å². The van der Waals surface area contributed by atoms with Crippen LogP contribution >= 0.6 is 0 Å². The minimum atomic E-state index is -0.857. The Bertz CT molecular complexity index is 774. The lowest BCUT2D eigenvalue weighted by Gasteiger charge is -2.36. The topological polar surface area (TPSA) is 95.6 Å². The van der Waals surface area contributed by atoms with Gasteiger partial charge in [0.05, 0.1) is 6.54 Å². The van der Waals surface area contributed by atoms with Crippen LogP contribution < -0.4 is 10.6 Å². The number of carbonyl (C=O) groups excluding carboxylic acids is 4. The first-order valence-corrected chi connectivity index (χ1v) is 9.44. The van der Waals surface area contributed by atoms with Gasteiger partial charge < -0.3 is 10.6 Å². The fourth-order valence-electron chi connectivity index (χ4n) is 3.86. The summed E-state index contributed by atoms with van der Waals surface area (Å²) in [5.74, 6) is -0.656. The Kier molecular flexibility index (Phi) is 5.30. The molecule has 1 aromatic carbocycles. The molecule has 4 amide bonds. The highest BCUT2D eigenvalue weighted by Gasteiger charge is 2.55. The zero-order valence-corrected chi connectivity index (χ0v) is 15.7. The molecule has 0 radical (unpaired) electrons. The van der Waals surface area contributed by atoms with Crippen LogP contribution in [0.3, 0.4) is 0 Å². The molecule has 2 N–H and O–H groups in total. The molecule has 1 aliphatic carbocycles. The summed E-state index contributed by atoms with van der Waals surface area (Å²) in [4.78, 5) is 50.3. The fourth-order valence-corrected chi connectivity index (χ4v) is 3.86. The Morgan fingerprint density at radius 1 is 1.22 bits per heavy atom. The Hall–Kier alpha value is -2.70. The van der Waals surface area contributed by atoms with E-state index >= 15 is 0 Å². The quantitative estimate of drug-likeness (QED) is 0.614. The highest BCUT2D eigenvalue weighted by atomic mass is 16.2. The molecule has 0 unspecified atom stereocenters. The summed E-state index contributed by atoms with van der Waals surface area (Å²) in [5.41, 5.74) is 0.135. The van der Waals surface area contributed by atoms with Crippen LogP contribution in [-0.4, -0.2) is 40.6 Å². The number of carbonyl (C=O) groups is 4. The lowest BCUT2D eigenvalue weighted by Crippen LogP contribution is -2.54. The summed E-state index contributed by atoms with van der Waals surface area (Å²) >= 11 is 0. The van der Waals surface area contributed by atoms with E-state index in [-0.39, 0.29) is 30.1 Å². The lowest BCUT2D eigenvalue weighted by molar-refractivity contribution is -0.133. The van der Waals surface area contributed by atoms with E-state index in [1.165, 1.54) is 0 Å². The molecule has 1 aromatic rings. The Morgan fingerprint density at radius 2 is 1.93 bits per heavy atom. The van der Waals surface area contributed by atoms with E-state index in [1.807, 2.05) is 6.92 Å². The smallest absolute Gasteiger partial charge is 0.325 e.